The number of nitrogens with zero attached hydrogens (tertiary/aromatic N) is 2. The monoisotopic (exact) mass is 398 g/mol. The summed E-state index contributed by atoms with van der Waals surface area (Å²) in [6.07, 6.45) is 1.42. The van der Waals surface area contributed by atoms with E-state index < -0.39 is 0 Å². The molecule has 0 amide bonds. The lowest BCUT2D eigenvalue weighted by Gasteiger charge is -2.13. The largest absolute Gasteiger partial charge is 0.457 e. The number of nitrogens with one attached hydrogen (secondary N) is 1. The van der Waals surface area contributed by atoms with Crippen molar-refractivity contribution < 1.29 is 9.47 Å². The number of hydrogen-bond donors (Lipinski definition) is 2. The Morgan fingerprint density at radius 1 is 0.733 bits per heavy atom. The standard InChI is InChI=1S/C24H22N4O2/c1-16-12-17(2)14-21(13-16)30-24-22(25)23(26-15-27-24)28-18-8-10-20(11-9-18)29-19-6-4-3-5-7-19/h3-15H,25H2,1-2H3,(H,26,27,28). The Kier molecular flexibility index (Phi) is 5.48. The summed E-state index contributed by atoms with van der Waals surface area (Å²) in [6.45, 7) is 4.03. The molecule has 1 aromatic heterocycles. The quantitative estimate of drug-likeness (QED) is 0.414. The number of aryl methyl sites for hydroxylation is 2. The Balaban J connectivity index is 1.49. The fraction of sp³-hybridized carbons (Fsp3) is 0.0833. The van der Waals surface area contributed by atoms with Gasteiger partial charge in [0.05, 0.1) is 0 Å². The smallest absolute Gasteiger partial charge is 0.248 e. The van der Waals surface area contributed by atoms with Crippen LogP contribution in [0.5, 0.6) is 23.1 Å². The van der Waals surface area contributed by atoms with E-state index in [2.05, 4.69) is 21.4 Å². The molecule has 1 heterocycles. The van der Waals surface area contributed by atoms with Crippen LogP contribution in [0.2, 0.25) is 0 Å². The average molecular weight is 398 g/mol. The number of benzene rings is 3. The van der Waals surface area contributed by atoms with Crippen molar-refractivity contribution in [2.75, 3.05) is 11.1 Å². The third kappa shape index (κ3) is 4.67. The third-order valence-corrected chi connectivity index (χ3v) is 4.35. The van der Waals surface area contributed by atoms with Crippen molar-refractivity contribution in [3.63, 3.8) is 0 Å². The molecule has 0 saturated heterocycles. The summed E-state index contributed by atoms with van der Waals surface area (Å²) in [7, 11) is 0. The van der Waals surface area contributed by atoms with Gasteiger partial charge in [-0.1, -0.05) is 24.3 Å². The van der Waals surface area contributed by atoms with Gasteiger partial charge in [0.25, 0.3) is 0 Å². The zero-order valence-electron chi connectivity index (χ0n) is 16.8. The van der Waals surface area contributed by atoms with Crippen molar-refractivity contribution in [3.8, 4) is 23.1 Å². The summed E-state index contributed by atoms with van der Waals surface area (Å²) in [5.74, 6) is 2.99. The van der Waals surface area contributed by atoms with Crippen LogP contribution in [0.3, 0.4) is 0 Å². The predicted molar refractivity (Wildman–Crippen MR) is 119 cm³/mol. The van der Waals surface area contributed by atoms with Crippen LogP contribution < -0.4 is 20.5 Å². The van der Waals surface area contributed by atoms with Gasteiger partial charge in [0, 0.05) is 5.69 Å². The predicted octanol–water partition coefficient (Wildman–Crippen LogP) is 6.00. The summed E-state index contributed by atoms with van der Waals surface area (Å²) < 4.78 is 11.7. The highest BCUT2D eigenvalue weighted by atomic mass is 16.5. The molecule has 3 N–H and O–H groups in total. The first kappa shape index (κ1) is 19.3. The van der Waals surface area contributed by atoms with E-state index in [1.165, 1.54) is 6.33 Å². The first-order valence-electron chi connectivity index (χ1n) is 9.53. The lowest BCUT2D eigenvalue weighted by atomic mass is 10.1. The molecule has 0 saturated carbocycles. The van der Waals surface area contributed by atoms with E-state index >= 15 is 0 Å². The molecule has 6 nitrogen and oxygen atoms in total. The van der Waals surface area contributed by atoms with E-state index in [9.17, 15) is 0 Å². The topological polar surface area (TPSA) is 82.3 Å². The summed E-state index contributed by atoms with van der Waals surface area (Å²) in [6, 6.07) is 23.1. The maximum absolute atomic E-state index is 6.25. The van der Waals surface area contributed by atoms with Crippen LogP contribution in [0.25, 0.3) is 0 Å². The average Bonchev–Trinajstić information content (AvgIpc) is 2.72. The maximum Gasteiger partial charge on any atom is 0.248 e. The van der Waals surface area contributed by atoms with Crippen LogP contribution in [0.15, 0.2) is 79.1 Å². The number of para-hydroxylation sites is 1. The molecule has 4 rings (SSSR count). The van der Waals surface area contributed by atoms with Gasteiger partial charge in [0.15, 0.2) is 5.82 Å². The van der Waals surface area contributed by atoms with Crippen LogP contribution in [0.1, 0.15) is 11.1 Å². The lowest BCUT2D eigenvalue weighted by Crippen LogP contribution is -2.03. The van der Waals surface area contributed by atoms with Crippen molar-refractivity contribution in [1.29, 1.82) is 0 Å². The number of rotatable bonds is 6. The van der Waals surface area contributed by atoms with Crippen LogP contribution in [-0.2, 0) is 0 Å². The van der Waals surface area contributed by atoms with Crippen LogP contribution in [0, 0.1) is 13.8 Å². The van der Waals surface area contributed by atoms with E-state index in [-0.39, 0.29) is 0 Å². The number of aromatic nitrogens is 2. The first-order chi connectivity index (χ1) is 14.6. The molecule has 6 heteroatoms. The van der Waals surface area contributed by atoms with Crippen molar-refractivity contribution in [1.82, 2.24) is 9.97 Å². The summed E-state index contributed by atoms with van der Waals surface area (Å²) >= 11 is 0. The molecule has 150 valence electrons. The van der Waals surface area contributed by atoms with Gasteiger partial charge in [-0.05, 0) is 73.5 Å². The second-order valence-electron chi connectivity index (χ2n) is 6.93. The number of anilines is 3. The lowest BCUT2D eigenvalue weighted by molar-refractivity contribution is 0.464. The molecule has 0 bridgehead atoms. The van der Waals surface area contributed by atoms with Crippen molar-refractivity contribution in [2.45, 2.75) is 13.8 Å². The maximum atomic E-state index is 6.25. The molecule has 0 radical (unpaired) electrons. The Labute approximate surface area is 175 Å². The Bertz CT molecular complexity index is 1130. The minimum absolute atomic E-state index is 0.307. The van der Waals surface area contributed by atoms with Crippen molar-refractivity contribution >= 4 is 17.2 Å². The van der Waals surface area contributed by atoms with E-state index in [0.717, 1.165) is 28.3 Å². The molecular weight excluding hydrogens is 376 g/mol. The number of hydrogen-bond acceptors (Lipinski definition) is 6. The second kappa shape index (κ2) is 8.53. The summed E-state index contributed by atoms with van der Waals surface area (Å²) in [5, 5.41) is 3.20. The minimum atomic E-state index is 0.307. The van der Waals surface area contributed by atoms with Crippen molar-refractivity contribution in [2.24, 2.45) is 0 Å². The number of nitrogens with two attached hydrogens (primary N) is 1. The summed E-state index contributed by atoms with van der Waals surface area (Å²) in [4.78, 5) is 8.42. The Hall–Kier alpha value is -4.06. The van der Waals surface area contributed by atoms with Crippen molar-refractivity contribution in [3.05, 3.63) is 90.3 Å². The van der Waals surface area contributed by atoms with Gasteiger partial charge in [-0.3, -0.25) is 0 Å². The van der Waals surface area contributed by atoms with Gasteiger partial charge < -0.3 is 20.5 Å². The molecule has 4 aromatic rings. The highest BCUT2D eigenvalue weighted by Gasteiger charge is 2.11. The molecule has 0 aliphatic rings. The number of nitrogen functional groups attached to an aromatic ring is 1. The Morgan fingerprint density at radius 3 is 2.10 bits per heavy atom. The van der Waals surface area contributed by atoms with Crippen LogP contribution in [-0.4, -0.2) is 9.97 Å². The fourth-order valence-electron chi connectivity index (χ4n) is 3.03. The van der Waals surface area contributed by atoms with Gasteiger partial charge in [-0.25, -0.2) is 4.98 Å². The highest BCUT2D eigenvalue weighted by Crippen LogP contribution is 2.32. The normalized spacial score (nSPS) is 10.5. The second-order valence-corrected chi connectivity index (χ2v) is 6.93. The molecule has 0 atom stereocenters. The number of ether oxygens (including phenoxy) is 2. The molecular formula is C24H22N4O2. The Morgan fingerprint density at radius 2 is 1.40 bits per heavy atom. The highest BCUT2D eigenvalue weighted by molar-refractivity contribution is 5.72. The van der Waals surface area contributed by atoms with E-state index in [4.69, 9.17) is 15.2 Å². The van der Waals surface area contributed by atoms with Gasteiger partial charge in [0.2, 0.25) is 5.88 Å². The molecule has 0 aliphatic heterocycles. The van der Waals surface area contributed by atoms with Gasteiger partial charge in [0.1, 0.15) is 29.3 Å². The van der Waals surface area contributed by atoms with Gasteiger partial charge in [-0.15, -0.1) is 0 Å². The third-order valence-electron chi connectivity index (χ3n) is 4.35. The molecule has 0 aliphatic carbocycles. The molecule has 0 unspecified atom stereocenters. The summed E-state index contributed by atoms with van der Waals surface area (Å²) in [5.41, 5.74) is 9.61. The zero-order valence-corrected chi connectivity index (χ0v) is 16.8. The fourth-order valence-corrected chi connectivity index (χ4v) is 3.03. The molecule has 30 heavy (non-hydrogen) atoms. The SMILES string of the molecule is Cc1cc(C)cc(Oc2ncnc(Nc3ccc(Oc4ccccc4)cc3)c2N)c1. The zero-order chi connectivity index (χ0) is 20.9. The molecule has 3 aromatic carbocycles. The van der Waals surface area contributed by atoms with Crippen LogP contribution >= 0.6 is 0 Å². The first-order valence-corrected chi connectivity index (χ1v) is 9.53. The van der Waals surface area contributed by atoms with E-state index in [1.807, 2.05) is 80.6 Å². The van der Waals surface area contributed by atoms with Gasteiger partial charge >= 0.3 is 0 Å². The van der Waals surface area contributed by atoms with Crippen LogP contribution in [0.4, 0.5) is 17.2 Å². The van der Waals surface area contributed by atoms with E-state index in [0.29, 0.717) is 23.1 Å². The minimum Gasteiger partial charge on any atom is -0.457 e. The van der Waals surface area contributed by atoms with E-state index in [1.54, 1.807) is 0 Å². The van der Waals surface area contributed by atoms with Gasteiger partial charge in [-0.2, -0.15) is 4.98 Å². The molecule has 0 spiro atoms. The molecule has 0 fully saturated rings.